The van der Waals surface area contributed by atoms with Gasteiger partial charge in [0.15, 0.2) is 0 Å². The third-order valence-corrected chi connectivity index (χ3v) is 2.71. The van der Waals surface area contributed by atoms with Gasteiger partial charge in [-0.05, 0) is 19.8 Å². The molecule has 0 aromatic rings. The lowest BCUT2D eigenvalue weighted by Crippen LogP contribution is -2.39. The zero-order valence-electron chi connectivity index (χ0n) is 7.39. The van der Waals surface area contributed by atoms with Crippen molar-refractivity contribution in [3.63, 3.8) is 0 Å². The summed E-state index contributed by atoms with van der Waals surface area (Å²) < 4.78 is 26.4. The number of halogens is 2. The van der Waals surface area contributed by atoms with E-state index >= 15 is 0 Å². The molecule has 1 rings (SSSR count). The molecule has 1 aliphatic carbocycles. The van der Waals surface area contributed by atoms with Crippen LogP contribution in [0.3, 0.4) is 0 Å². The molecule has 0 amide bonds. The van der Waals surface area contributed by atoms with E-state index in [1.54, 1.807) is 0 Å². The summed E-state index contributed by atoms with van der Waals surface area (Å²) in [7, 11) is 0. The third kappa shape index (κ3) is 1.94. The Kier molecular flexibility index (Phi) is 3.04. The average Bonchev–Trinajstić information content (AvgIpc) is 2.06. The highest BCUT2D eigenvalue weighted by atomic mass is 19.3. The Morgan fingerprint density at radius 3 is 2.17 bits per heavy atom. The number of rotatable bonds is 2. The lowest BCUT2D eigenvalue weighted by atomic mass is 9.83. The molecule has 0 radical (unpaired) electrons. The summed E-state index contributed by atoms with van der Waals surface area (Å²) >= 11 is 0. The first-order valence-corrected chi connectivity index (χ1v) is 4.61. The van der Waals surface area contributed by atoms with Gasteiger partial charge in [-0.1, -0.05) is 19.3 Å². The maximum atomic E-state index is 13.2. The van der Waals surface area contributed by atoms with Crippen LogP contribution in [0.5, 0.6) is 0 Å². The molecule has 0 heterocycles. The lowest BCUT2D eigenvalue weighted by Gasteiger charge is -2.31. The van der Waals surface area contributed by atoms with Crippen molar-refractivity contribution in [3.05, 3.63) is 0 Å². The molecule has 1 saturated carbocycles. The van der Waals surface area contributed by atoms with Crippen molar-refractivity contribution in [2.24, 2.45) is 5.92 Å². The Labute approximate surface area is 71.8 Å². The number of hydrogen-bond acceptors (Lipinski definition) is 1. The van der Waals surface area contributed by atoms with Crippen LogP contribution < -0.4 is 0 Å². The van der Waals surface area contributed by atoms with Gasteiger partial charge < -0.3 is 5.11 Å². The first-order valence-electron chi connectivity index (χ1n) is 4.61. The van der Waals surface area contributed by atoms with Crippen molar-refractivity contribution in [2.45, 2.75) is 51.1 Å². The molecule has 72 valence electrons. The molecule has 1 fully saturated rings. The topological polar surface area (TPSA) is 20.2 Å². The van der Waals surface area contributed by atoms with Gasteiger partial charge in [-0.15, -0.1) is 0 Å². The number of alkyl halides is 2. The van der Waals surface area contributed by atoms with Crippen LogP contribution in [0.1, 0.15) is 39.0 Å². The van der Waals surface area contributed by atoms with Crippen LogP contribution in [-0.4, -0.2) is 17.1 Å². The summed E-state index contributed by atoms with van der Waals surface area (Å²) in [6.07, 6.45) is 2.46. The third-order valence-electron chi connectivity index (χ3n) is 2.71. The fourth-order valence-electron chi connectivity index (χ4n) is 1.83. The largest absolute Gasteiger partial charge is 0.387 e. The molecule has 0 aliphatic heterocycles. The van der Waals surface area contributed by atoms with E-state index < -0.39 is 17.9 Å². The van der Waals surface area contributed by atoms with Gasteiger partial charge in [0, 0.05) is 5.92 Å². The van der Waals surface area contributed by atoms with Crippen molar-refractivity contribution >= 4 is 0 Å². The zero-order valence-corrected chi connectivity index (χ0v) is 7.39. The maximum Gasteiger partial charge on any atom is 0.275 e. The average molecular weight is 178 g/mol. The minimum Gasteiger partial charge on any atom is -0.387 e. The highest BCUT2D eigenvalue weighted by molar-refractivity contribution is 4.83. The summed E-state index contributed by atoms with van der Waals surface area (Å²) in [5.41, 5.74) is 0. The van der Waals surface area contributed by atoms with Crippen LogP contribution in [-0.2, 0) is 0 Å². The molecule has 3 heteroatoms. The predicted octanol–water partition coefficient (Wildman–Crippen LogP) is 2.58. The summed E-state index contributed by atoms with van der Waals surface area (Å²) in [5.74, 6) is -3.47. The Balaban J connectivity index is 2.53. The quantitative estimate of drug-likeness (QED) is 0.689. The fraction of sp³-hybridized carbons (Fsp3) is 1.00. The van der Waals surface area contributed by atoms with Gasteiger partial charge in [0.2, 0.25) is 0 Å². The van der Waals surface area contributed by atoms with Crippen LogP contribution in [0.2, 0.25) is 0 Å². The SMILES string of the molecule is CC(O)C(F)(F)C1CCCCC1. The van der Waals surface area contributed by atoms with E-state index in [4.69, 9.17) is 5.11 Å². The predicted molar refractivity (Wildman–Crippen MR) is 43.2 cm³/mol. The van der Waals surface area contributed by atoms with Gasteiger partial charge in [0.05, 0.1) is 0 Å². The normalized spacial score (nSPS) is 24.0. The van der Waals surface area contributed by atoms with Crippen LogP contribution in [0.15, 0.2) is 0 Å². The molecule has 1 nitrogen and oxygen atoms in total. The molecule has 0 aromatic heterocycles. The second-order valence-electron chi connectivity index (χ2n) is 3.69. The zero-order chi connectivity index (χ0) is 9.19. The molecular weight excluding hydrogens is 162 g/mol. The highest BCUT2D eigenvalue weighted by Crippen LogP contribution is 2.38. The molecule has 1 unspecified atom stereocenters. The van der Waals surface area contributed by atoms with Crippen LogP contribution >= 0.6 is 0 Å². The molecule has 0 saturated heterocycles. The molecule has 0 bridgehead atoms. The Hall–Kier alpha value is -0.180. The second kappa shape index (κ2) is 3.69. The summed E-state index contributed by atoms with van der Waals surface area (Å²) in [6, 6.07) is 0. The number of aliphatic hydroxyl groups is 1. The molecule has 12 heavy (non-hydrogen) atoms. The molecule has 1 aliphatic rings. The summed E-state index contributed by atoms with van der Waals surface area (Å²) in [4.78, 5) is 0. The van der Waals surface area contributed by atoms with E-state index in [0.717, 1.165) is 19.3 Å². The monoisotopic (exact) mass is 178 g/mol. The minimum atomic E-state index is -2.87. The lowest BCUT2D eigenvalue weighted by molar-refractivity contribution is -0.147. The Morgan fingerprint density at radius 2 is 1.75 bits per heavy atom. The van der Waals surface area contributed by atoms with E-state index in [2.05, 4.69) is 0 Å². The maximum absolute atomic E-state index is 13.2. The summed E-state index contributed by atoms with van der Waals surface area (Å²) in [6.45, 7) is 1.18. The van der Waals surface area contributed by atoms with E-state index in [1.807, 2.05) is 0 Å². The molecule has 1 atom stereocenters. The standard InChI is InChI=1S/C9H16F2O/c1-7(12)9(10,11)8-5-3-2-4-6-8/h7-8,12H,2-6H2,1H3. The summed E-state index contributed by atoms with van der Waals surface area (Å²) in [5, 5.41) is 8.88. The van der Waals surface area contributed by atoms with Gasteiger partial charge in [-0.2, -0.15) is 0 Å². The van der Waals surface area contributed by atoms with Gasteiger partial charge in [0.1, 0.15) is 6.10 Å². The van der Waals surface area contributed by atoms with Crippen LogP contribution in [0.25, 0.3) is 0 Å². The van der Waals surface area contributed by atoms with Crippen molar-refractivity contribution < 1.29 is 13.9 Å². The Bertz CT molecular complexity index is 139. The Morgan fingerprint density at radius 1 is 1.25 bits per heavy atom. The number of hydrogen-bond donors (Lipinski definition) is 1. The van der Waals surface area contributed by atoms with Crippen molar-refractivity contribution in [3.8, 4) is 0 Å². The van der Waals surface area contributed by atoms with Crippen LogP contribution in [0.4, 0.5) is 8.78 Å². The number of aliphatic hydroxyl groups excluding tert-OH is 1. The molecule has 0 aromatic carbocycles. The first-order chi connectivity index (χ1) is 5.55. The van der Waals surface area contributed by atoms with Gasteiger partial charge >= 0.3 is 0 Å². The van der Waals surface area contributed by atoms with E-state index in [0.29, 0.717) is 12.8 Å². The minimum absolute atomic E-state index is 0.567. The first kappa shape index (κ1) is 9.90. The van der Waals surface area contributed by atoms with E-state index in [-0.39, 0.29) is 0 Å². The van der Waals surface area contributed by atoms with Crippen molar-refractivity contribution in [2.75, 3.05) is 0 Å². The van der Waals surface area contributed by atoms with E-state index in [1.165, 1.54) is 6.92 Å². The smallest absolute Gasteiger partial charge is 0.275 e. The molecular formula is C9H16F2O. The van der Waals surface area contributed by atoms with Crippen molar-refractivity contribution in [1.82, 2.24) is 0 Å². The second-order valence-corrected chi connectivity index (χ2v) is 3.69. The van der Waals surface area contributed by atoms with Gasteiger partial charge in [-0.3, -0.25) is 0 Å². The van der Waals surface area contributed by atoms with Gasteiger partial charge in [-0.25, -0.2) is 8.78 Å². The van der Waals surface area contributed by atoms with Crippen LogP contribution in [0, 0.1) is 5.92 Å². The fourth-order valence-corrected chi connectivity index (χ4v) is 1.83. The van der Waals surface area contributed by atoms with Crippen molar-refractivity contribution in [1.29, 1.82) is 0 Å². The molecule has 1 N–H and O–H groups in total. The van der Waals surface area contributed by atoms with Gasteiger partial charge in [0.25, 0.3) is 5.92 Å². The highest BCUT2D eigenvalue weighted by Gasteiger charge is 2.43. The molecule has 0 spiro atoms. The van der Waals surface area contributed by atoms with E-state index in [9.17, 15) is 8.78 Å².